The van der Waals surface area contributed by atoms with E-state index in [0.29, 0.717) is 5.92 Å². The summed E-state index contributed by atoms with van der Waals surface area (Å²) in [6.07, 6.45) is 2.34. The standard InChI is InChI=1S/C11H20INO/c1-5-14-8-11(12)10(9(2)3)6-7-13(11)4/h6,9H,5,7-8H2,1-4H3/t11-/m1/s1. The first kappa shape index (κ1) is 12.5. The predicted molar refractivity (Wildman–Crippen MR) is 68.8 cm³/mol. The van der Waals surface area contributed by atoms with Crippen LogP contribution in [0.3, 0.4) is 0 Å². The van der Waals surface area contributed by atoms with Gasteiger partial charge in [-0.05, 0) is 25.5 Å². The fraction of sp³-hybridized carbons (Fsp3) is 0.818. The van der Waals surface area contributed by atoms with Gasteiger partial charge in [-0.3, -0.25) is 4.90 Å². The van der Waals surface area contributed by atoms with Gasteiger partial charge in [-0.15, -0.1) is 0 Å². The average Bonchev–Trinajstić information content (AvgIpc) is 2.41. The van der Waals surface area contributed by atoms with Crippen molar-refractivity contribution in [1.82, 2.24) is 4.90 Å². The molecular formula is C11H20INO. The number of halogens is 1. The molecule has 0 unspecified atom stereocenters. The highest BCUT2D eigenvalue weighted by atomic mass is 127. The molecule has 1 heterocycles. The van der Waals surface area contributed by atoms with E-state index >= 15 is 0 Å². The molecule has 0 saturated carbocycles. The molecule has 0 aromatic rings. The van der Waals surface area contributed by atoms with Gasteiger partial charge in [0.2, 0.25) is 0 Å². The third kappa shape index (κ3) is 2.31. The minimum absolute atomic E-state index is 0.0853. The van der Waals surface area contributed by atoms with Crippen LogP contribution in [-0.4, -0.2) is 35.3 Å². The lowest BCUT2D eigenvalue weighted by atomic mass is 9.98. The molecule has 1 aliphatic heterocycles. The monoisotopic (exact) mass is 309 g/mol. The largest absolute Gasteiger partial charge is 0.379 e. The number of rotatable bonds is 4. The maximum absolute atomic E-state index is 5.58. The molecule has 2 nitrogen and oxygen atoms in total. The van der Waals surface area contributed by atoms with Crippen molar-refractivity contribution in [2.75, 3.05) is 26.8 Å². The Balaban J connectivity index is 2.75. The minimum atomic E-state index is 0.0853. The zero-order chi connectivity index (χ0) is 10.8. The van der Waals surface area contributed by atoms with E-state index in [1.807, 2.05) is 6.92 Å². The Morgan fingerprint density at radius 2 is 2.29 bits per heavy atom. The van der Waals surface area contributed by atoms with Crippen LogP contribution < -0.4 is 0 Å². The van der Waals surface area contributed by atoms with Crippen LogP contribution in [-0.2, 0) is 4.74 Å². The summed E-state index contributed by atoms with van der Waals surface area (Å²) >= 11 is 2.52. The highest BCUT2D eigenvalue weighted by Gasteiger charge is 2.40. The van der Waals surface area contributed by atoms with Crippen molar-refractivity contribution in [2.45, 2.75) is 24.3 Å². The molecule has 0 aliphatic carbocycles. The third-order valence-corrected chi connectivity index (χ3v) is 4.51. The van der Waals surface area contributed by atoms with Gasteiger partial charge in [0.05, 0.1) is 6.61 Å². The molecule has 0 saturated heterocycles. The molecule has 1 aliphatic rings. The number of likely N-dealkylation sites (N-methyl/N-ethyl adjacent to an activating group) is 1. The quantitative estimate of drug-likeness (QED) is 0.343. The second-order valence-electron chi connectivity index (χ2n) is 4.09. The van der Waals surface area contributed by atoms with Crippen molar-refractivity contribution in [2.24, 2.45) is 5.92 Å². The Morgan fingerprint density at radius 3 is 2.79 bits per heavy atom. The summed E-state index contributed by atoms with van der Waals surface area (Å²) in [7, 11) is 2.16. The van der Waals surface area contributed by atoms with Crippen molar-refractivity contribution in [3.8, 4) is 0 Å². The van der Waals surface area contributed by atoms with Crippen molar-refractivity contribution in [3.05, 3.63) is 11.6 Å². The molecule has 3 heteroatoms. The summed E-state index contributed by atoms with van der Waals surface area (Å²) in [4.78, 5) is 2.36. The smallest absolute Gasteiger partial charge is 0.118 e. The van der Waals surface area contributed by atoms with Crippen molar-refractivity contribution < 1.29 is 4.74 Å². The first-order valence-corrected chi connectivity index (χ1v) is 6.28. The Morgan fingerprint density at radius 1 is 1.64 bits per heavy atom. The molecule has 82 valence electrons. The lowest BCUT2D eigenvalue weighted by Crippen LogP contribution is -2.43. The fourth-order valence-corrected chi connectivity index (χ4v) is 3.13. The van der Waals surface area contributed by atoms with Gasteiger partial charge in [0.1, 0.15) is 3.55 Å². The Bertz CT molecular complexity index is 227. The van der Waals surface area contributed by atoms with Crippen LogP contribution >= 0.6 is 22.6 Å². The molecule has 0 N–H and O–H groups in total. The summed E-state index contributed by atoms with van der Waals surface area (Å²) in [6, 6.07) is 0. The predicted octanol–water partition coefficient (Wildman–Crippen LogP) is 2.68. The minimum Gasteiger partial charge on any atom is -0.379 e. The molecule has 0 bridgehead atoms. The Hall–Kier alpha value is 0.390. The van der Waals surface area contributed by atoms with Crippen molar-refractivity contribution in [3.63, 3.8) is 0 Å². The molecule has 1 atom stereocenters. The highest BCUT2D eigenvalue weighted by Crippen LogP contribution is 2.39. The molecule has 0 aromatic heterocycles. The maximum atomic E-state index is 5.58. The summed E-state index contributed by atoms with van der Waals surface area (Å²) in [5.74, 6) is 0.609. The molecule has 0 aromatic carbocycles. The van der Waals surface area contributed by atoms with Crippen LogP contribution in [0.5, 0.6) is 0 Å². The molecule has 0 amide bonds. The second kappa shape index (κ2) is 4.94. The van der Waals surface area contributed by atoms with E-state index < -0.39 is 0 Å². The summed E-state index contributed by atoms with van der Waals surface area (Å²) in [5, 5.41) is 0. The van der Waals surface area contributed by atoms with Gasteiger partial charge in [0, 0.05) is 13.2 Å². The van der Waals surface area contributed by atoms with Crippen LogP contribution in [0.2, 0.25) is 0 Å². The molecule has 14 heavy (non-hydrogen) atoms. The van der Waals surface area contributed by atoms with E-state index in [1.54, 1.807) is 0 Å². The van der Waals surface area contributed by atoms with Gasteiger partial charge in [-0.2, -0.15) is 0 Å². The van der Waals surface area contributed by atoms with Crippen LogP contribution in [0, 0.1) is 5.92 Å². The number of nitrogens with zero attached hydrogens (tertiary/aromatic N) is 1. The van der Waals surface area contributed by atoms with Crippen molar-refractivity contribution >= 4 is 22.6 Å². The van der Waals surface area contributed by atoms with Gasteiger partial charge < -0.3 is 4.74 Å². The van der Waals surface area contributed by atoms with Gasteiger partial charge in [0.15, 0.2) is 0 Å². The molecule has 0 radical (unpaired) electrons. The molecular weight excluding hydrogens is 289 g/mol. The van der Waals surface area contributed by atoms with E-state index in [2.05, 4.69) is 54.5 Å². The maximum Gasteiger partial charge on any atom is 0.118 e. The summed E-state index contributed by atoms with van der Waals surface area (Å²) < 4.78 is 5.67. The average molecular weight is 309 g/mol. The molecule has 0 spiro atoms. The fourth-order valence-electron chi connectivity index (χ4n) is 1.87. The Kier molecular flexibility index (Phi) is 4.40. The van der Waals surface area contributed by atoms with Crippen LogP contribution in [0.15, 0.2) is 11.6 Å². The van der Waals surface area contributed by atoms with E-state index in [9.17, 15) is 0 Å². The van der Waals surface area contributed by atoms with E-state index in [-0.39, 0.29) is 3.55 Å². The normalized spacial score (nSPS) is 28.6. The lowest BCUT2D eigenvalue weighted by molar-refractivity contribution is 0.0926. The van der Waals surface area contributed by atoms with Gasteiger partial charge >= 0.3 is 0 Å². The molecule has 1 rings (SSSR count). The number of ether oxygens (including phenoxy) is 1. The zero-order valence-corrected chi connectivity index (χ0v) is 11.7. The van der Waals surface area contributed by atoms with Crippen LogP contribution in [0.1, 0.15) is 20.8 Å². The lowest BCUT2D eigenvalue weighted by Gasteiger charge is -2.34. The number of hydrogen-bond acceptors (Lipinski definition) is 2. The van der Waals surface area contributed by atoms with Gasteiger partial charge in [-0.25, -0.2) is 0 Å². The zero-order valence-electron chi connectivity index (χ0n) is 9.51. The highest BCUT2D eigenvalue weighted by molar-refractivity contribution is 14.1. The third-order valence-electron chi connectivity index (χ3n) is 2.75. The van der Waals surface area contributed by atoms with Crippen molar-refractivity contribution in [1.29, 1.82) is 0 Å². The Labute approximate surface area is 101 Å². The topological polar surface area (TPSA) is 12.5 Å². The SMILES string of the molecule is CCOC[C@]1(I)C(C(C)C)=CCN1C. The van der Waals surface area contributed by atoms with Gasteiger partial charge in [-0.1, -0.05) is 42.5 Å². The summed E-state index contributed by atoms with van der Waals surface area (Å²) in [6.45, 7) is 9.19. The van der Waals surface area contributed by atoms with Crippen LogP contribution in [0.25, 0.3) is 0 Å². The first-order chi connectivity index (χ1) is 6.52. The van der Waals surface area contributed by atoms with Crippen LogP contribution in [0.4, 0.5) is 0 Å². The van der Waals surface area contributed by atoms with E-state index in [4.69, 9.17) is 4.74 Å². The van der Waals surface area contributed by atoms with E-state index in [1.165, 1.54) is 5.57 Å². The molecule has 0 fully saturated rings. The van der Waals surface area contributed by atoms with E-state index in [0.717, 1.165) is 19.8 Å². The van der Waals surface area contributed by atoms with Gasteiger partial charge in [0.25, 0.3) is 0 Å². The number of hydrogen-bond donors (Lipinski definition) is 0. The first-order valence-electron chi connectivity index (χ1n) is 5.20. The number of alkyl halides is 1. The summed E-state index contributed by atoms with van der Waals surface area (Å²) in [5.41, 5.74) is 1.51. The second-order valence-corrected chi connectivity index (χ2v) is 5.88.